The zero-order chi connectivity index (χ0) is 37.0. The first-order valence-corrected chi connectivity index (χ1v) is 19.1. The van der Waals surface area contributed by atoms with Gasteiger partial charge in [0.1, 0.15) is 11.5 Å². The number of para-hydroxylation sites is 4. The van der Waals surface area contributed by atoms with Crippen molar-refractivity contribution in [2.75, 3.05) is 0 Å². The fourth-order valence-corrected chi connectivity index (χ4v) is 6.28. The molecular weight excluding hydrogens is 722 g/mol. The van der Waals surface area contributed by atoms with Crippen LogP contribution < -0.4 is 28.6 Å². The SMILES string of the molecule is CC(C)(c1ccc(OP(=O)(OOc2ccccc2)OOc2ccccc2)cc1)c1ccc(OP(=O)(OOc2ccccc2)OOc2ccccc2)cc1. The van der Waals surface area contributed by atoms with E-state index in [0.717, 1.165) is 11.1 Å². The minimum absolute atomic E-state index is 0.163. The third-order valence-electron chi connectivity index (χ3n) is 7.46. The van der Waals surface area contributed by atoms with Crippen LogP contribution in [0.15, 0.2) is 170 Å². The molecule has 0 fully saturated rings. The van der Waals surface area contributed by atoms with Crippen molar-refractivity contribution in [1.29, 1.82) is 0 Å². The maximum Gasteiger partial charge on any atom is 0.604 e. The topological polar surface area (TPSA) is 126 Å². The molecule has 14 heteroatoms. The average molecular weight is 757 g/mol. The summed E-state index contributed by atoms with van der Waals surface area (Å²) in [6, 6.07) is 47.5. The van der Waals surface area contributed by atoms with Crippen molar-refractivity contribution < 1.29 is 56.4 Å². The lowest BCUT2D eigenvalue weighted by Gasteiger charge is -2.27. The molecule has 6 aromatic rings. The van der Waals surface area contributed by atoms with Gasteiger partial charge in [0.05, 0.1) is 0 Å². The molecule has 0 spiro atoms. The number of hydrogen-bond acceptors (Lipinski definition) is 12. The summed E-state index contributed by atoms with van der Waals surface area (Å²) < 4.78 is 59.1. The van der Waals surface area contributed by atoms with Gasteiger partial charge in [0, 0.05) is 5.41 Å². The fraction of sp³-hybridized carbons (Fsp3) is 0.0769. The molecule has 6 aromatic carbocycles. The molecule has 0 aliphatic carbocycles. The number of rotatable bonds is 18. The first kappa shape index (κ1) is 37.2. The van der Waals surface area contributed by atoms with Crippen LogP contribution in [-0.4, -0.2) is 0 Å². The van der Waals surface area contributed by atoms with Crippen LogP contribution in [0.4, 0.5) is 0 Å². The second-order valence-corrected chi connectivity index (χ2v) is 14.4. The first-order valence-electron chi connectivity index (χ1n) is 16.1. The highest BCUT2D eigenvalue weighted by Crippen LogP contribution is 2.51. The Labute approximate surface area is 306 Å². The van der Waals surface area contributed by atoms with E-state index < -0.39 is 21.1 Å². The summed E-state index contributed by atoms with van der Waals surface area (Å²) in [7, 11) is -8.95. The van der Waals surface area contributed by atoms with Gasteiger partial charge in [-0.25, -0.2) is 9.13 Å². The quantitative estimate of drug-likeness (QED) is 0.0470. The lowest BCUT2D eigenvalue weighted by atomic mass is 9.78. The largest absolute Gasteiger partial charge is 0.604 e. The summed E-state index contributed by atoms with van der Waals surface area (Å²) >= 11 is 0. The van der Waals surface area contributed by atoms with E-state index in [-0.39, 0.29) is 34.5 Å². The standard InChI is InChI=1S/C39H34O12P2/c1-39(2,31-23-27-37(28-24-31)46-52(40,48-42-33-15-7-3-8-16-33)49-43-34-17-9-4-10-18-34)32-25-29-38(30-26-32)47-53(41,50-44-35-19-11-5-12-20-35)51-45-36-21-13-6-14-22-36/h3-30H,1-2H3. The van der Waals surface area contributed by atoms with E-state index in [1.807, 2.05) is 13.8 Å². The van der Waals surface area contributed by atoms with Crippen LogP contribution in [0.25, 0.3) is 0 Å². The van der Waals surface area contributed by atoms with E-state index >= 15 is 0 Å². The van der Waals surface area contributed by atoms with Gasteiger partial charge >= 0.3 is 15.6 Å². The van der Waals surface area contributed by atoms with E-state index in [4.69, 9.17) is 47.3 Å². The Bertz CT molecular complexity index is 1850. The third kappa shape index (κ3) is 10.7. The molecule has 0 saturated carbocycles. The molecule has 0 amide bonds. The molecular formula is C39H34O12P2. The monoisotopic (exact) mass is 756 g/mol. The molecule has 0 N–H and O–H groups in total. The van der Waals surface area contributed by atoms with Crippen LogP contribution in [0.2, 0.25) is 0 Å². The van der Waals surface area contributed by atoms with Crippen LogP contribution >= 0.6 is 15.6 Å². The summed E-state index contributed by atoms with van der Waals surface area (Å²) in [5, 5.41) is 0. The van der Waals surface area contributed by atoms with Gasteiger partial charge in [-0.15, -0.1) is 0 Å². The van der Waals surface area contributed by atoms with E-state index in [0.29, 0.717) is 0 Å². The smallest absolute Gasteiger partial charge is 0.400 e. The van der Waals surface area contributed by atoms with Crippen LogP contribution in [-0.2, 0) is 33.2 Å². The highest BCUT2D eigenvalue weighted by Gasteiger charge is 2.36. The molecule has 0 heterocycles. The first-order chi connectivity index (χ1) is 25.7. The van der Waals surface area contributed by atoms with Gasteiger partial charge in [-0.1, -0.05) is 130 Å². The molecule has 0 unspecified atom stereocenters. The van der Waals surface area contributed by atoms with Crippen molar-refractivity contribution in [3.8, 4) is 34.5 Å². The van der Waals surface area contributed by atoms with Crippen molar-refractivity contribution in [2.24, 2.45) is 0 Å². The minimum atomic E-state index is -4.47. The molecule has 12 nitrogen and oxygen atoms in total. The van der Waals surface area contributed by atoms with Crippen molar-refractivity contribution in [3.05, 3.63) is 181 Å². The molecule has 0 aliphatic rings. The Morgan fingerprint density at radius 2 is 0.585 bits per heavy atom. The van der Waals surface area contributed by atoms with Gasteiger partial charge < -0.3 is 28.6 Å². The molecule has 0 atom stereocenters. The molecule has 0 saturated heterocycles. The fourth-order valence-electron chi connectivity index (χ4n) is 4.63. The van der Waals surface area contributed by atoms with Gasteiger partial charge in [0.25, 0.3) is 0 Å². The van der Waals surface area contributed by atoms with Crippen LogP contribution in [0.5, 0.6) is 34.5 Å². The van der Waals surface area contributed by atoms with Crippen molar-refractivity contribution in [1.82, 2.24) is 0 Å². The highest BCUT2D eigenvalue weighted by molar-refractivity contribution is 7.48. The van der Waals surface area contributed by atoms with E-state index in [9.17, 15) is 9.13 Å². The number of phosphoric acid groups is 2. The van der Waals surface area contributed by atoms with Crippen LogP contribution in [0, 0.1) is 0 Å². The van der Waals surface area contributed by atoms with E-state index in [1.54, 1.807) is 170 Å². The van der Waals surface area contributed by atoms with Crippen molar-refractivity contribution >= 4 is 15.6 Å². The summed E-state index contributed by atoms with van der Waals surface area (Å²) in [4.78, 5) is 20.9. The Kier molecular flexibility index (Phi) is 12.1. The second kappa shape index (κ2) is 17.3. The zero-order valence-electron chi connectivity index (χ0n) is 28.5. The molecule has 272 valence electrons. The number of benzene rings is 6. The van der Waals surface area contributed by atoms with Crippen molar-refractivity contribution in [3.63, 3.8) is 0 Å². The summed E-state index contributed by atoms with van der Waals surface area (Å²) in [6.07, 6.45) is 0. The van der Waals surface area contributed by atoms with Gasteiger partial charge in [-0.3, -0.25) is 0 Å². The average Bonchev–Trinajstić information content (AvgIpc) is 3.20. The molecule has 6 rings (SSSR count). The Hall–Kier alpha value is -5.58. The summed E-state index contributed by atoms with van der Waals surface area (Å²) in [5.41, 5.74) is 1.20. The van der Waals surface area contributed by atoms with E-state index in [1.165, 1.54) is 0 Å². The van der Waals surface area contributed by atoms with Crippen LogP contribution in [0.1, 0.15) is 25.0 Å². The number of hydrogen-bond donors (Lipinski definition) is 0. The normalized spacial score (nSPS) is 11.7. The van der Waals surface area contributed by atoms with Gasteiger partial charge in [0.15, 0.2) is 23.0 Å². The molecule has 0 aliphatic heterocycles. The Morgan fingerprint density at radius 1 is 0.340 bits per heavy atom. The minimum Gasteiger partial charge on any atom is -0.400 e. The maximum atomic E-state index is 13.6. The zero-order valence-corrected chi connectivity index (χ0v) is 30.2. The van der Waals surface area contributed by atoms with Gasteiger partial charge in [-0.2, -0.15) is 0 Å². The molecule has 0 radical (unpaired) electrons. The van der Waals surface area contributed by atoms with Crippen molar-refractivity contribution in [2.45, 2.75) is 19.3 Å². The lowest BCUT2D eigenvalue weighted by Crippen LogP contribution is -2.18. The Morgan fingerprint density at radius 3 is 0.830 bits per heavy atom. The third-order valence-corrected chi connectivity index (χ3v) is 9.36. The van der Waals surface area contributed by atoms with Gasteiger partial charge in [0.2, 0.25) is 0 Å². The molecule has 53 heavy (non-hydrogen) atoms. The molecule has 0 aromatic heterocycles. The summed E-state index contributed by atoms with van der Waals surface area (Å²) in [5.74, 6) is 1.43. The predicted octanol–water partition coefficient (Wildman–Crippen LogP) is 11.0. The van der Waals surface area contributed by atoms with E-state index in [2.05, 4.69) is 0 Å². The second-order valence-electron chi connectivity index (χ2n) is 11.6. The predicted molar refractivity (Wildman–Crippen MR) is 194 cm³/mol. The lowest BCUT2D eigenvalue weighted by molar-refractivity contribution is -0.185. The Balaban J connectivity index is 1.13. The maximum absolute atomic E-state index is 13.6. The highest BCUT2D eigenvalue weighted by atomic mass is 31.2. The van der Waals surface area contributed by atoms with Gasteiger partial charge in [-0.05, 0) is 83.9 Å². The van der Waals surface area contributed by atoms with Crippen LogP contribution in [0.3, 0.4) is 0 Å². The molecule has 0 bridgehead atoms. The summed E-state index contributed by atoms with van der Waals surface area (Å²) in [6.45, 7) is 4.02.